The number of hydrogen-bond acceptors (Lipinski definition) is 4. The standard InChI is InChI=1S/C25H40O5/c1-15(26)19-6-7-20-18-5-4-16-14-17(30-23(29)9-8-22(27)28)10-12-24(16,2)21(18)11-13-25(19,20)3/h15-21,26H,4-14H2,1-3H3,(H,27,28)/t15-,16?,17-,18?,19?,20?,21?,24?,25?/m0/s1. The summed E-state index contributed by atoms with van der Waals surface area (Å²) in [6.45, 7) is 6.95. The Bertz CT molecular complexity index is 674. The van der Waals surface area contributed by atoms with Gasteiger partial charge in [-0.25, -0.2) is 0 Å². The number of carboxylic acid groups (broad SMARTS) is 1. The van der Waals surface area contributed by atoms with E-state index in [4.69, 9.17) is 9.84 Å². The van der Waals surface area contributed by atoms with Gasteiger partial charge in [-0.2, -0.15) is 0 Å². The van der Waals surface area contributed by atoms with Crippen molar-refractivity contribution in [1.82, 2.24) is 0 Å². The minimum atomic E-state index is -0.949. The summed E-state index contributed by atoms with van der Waals surface area (Å²) in [6, 6.07) is 0. The largest absolute Gasteiger partial charge is 0.481 e. The maximum Gasteiger partial charge on any atom is 0.306 e. The highest BCUT2D eigenvalue weighted by Crippen LogP contribution is 2.67. The molecule has 0 aliphatic heterocycles. The summed E-state index contributed by atoms with van der Waals surface area (Å²) in [6.07, 6.45) is 10.0. The first-order chi connectivity index (χ1) is 14.1. The van der Waals surface area contributed by atoms with Crippen molar-refractivity contribution >= 4 is 11.9 Å². The molecule has 30 heavy (non-hydrogen) atoms. The Morgan fingerprint density at radius 1 is 0.967 bits per heavy atom. The molecule has 4 aliphatic rings. The Hall–Kier alpha value is -1.10. The number of fused-ring (bicyclic) bond motifs is 5. The Kier molecular flexibility index (Phi) is 5.97. The number of carboxylic acids is 1. The van der Waals surface area contributed by atoms with Crippen LogP contribution in [0.5, 0.6) is 0 Å². The van der Waals surface area contributed by atoms with Gasteiger partial charge in [-0.05, 0) is 105 Å². The molecule has 2 N–H and O–H groups in total. The van der Waals surface area contributed by atoms with Crippen molar-refractivity contribution in [3.63, 3.8) is 0 Å². The number of esters is 1. The number of aliphatic hydroxyl groups is 1. The molecule has 0 aromatic rings. The number of carbonyl (C=O) groups excluding carboxylic acids is 1. The Labute approximate surface area is 180 Å². The molecule has 4 fully saturated rings. The predicted molar refractivity (Wildman–Crippen MR) is 114 cm³/mol. The van der Waals surface area contributed by atoms with E-state index in [9.17, 15) is 14.7 Å². The maximum atomic E-state index is 12.0. The molecule has 0 radical (unpaired) electrons. The molecule has 170 valence electrons. The van der Waals surface area contributed by atoms with Crippen LogP contribution in [0, 0.1) is 40.4 Å². The first-order valence-electron chi connectivity index (χ1n) is 12.2. The lowest BCUT2D eigenvalue weighted by molar-refractivity contribution is -0.164. The summed E-state index contributed by atoms with van der Waals surface area (Å²) in [5, 5.41) is 19.2. The van der Waals surface area contributed by atoms with Gasteiger partial charge in [-0.1, -0.05) is 13.8 Å². The summed E-state index contributed by atoms with van der Waals surface area (Å²) >= 11 is 0. The van der Waals surface area contributed by atoms with Gasteiger partial charge >= 0.3 is 11.9 Å². The quantitative estimate of drug-likeness (QED) is 0.624. The molecule has 5 heteroatoms. The van der Waals surface area contributed by atoms with Crippen LogP contribution in [0.2, 0.25) is 0 Å². The zero-order valence-electron chi connectivity index (χ0n) is 18.9. The number of carbonyl (C=O) groups is 2. The van der Waals surface area contributed by atoms with Crippen LogP contribution in [0.15, 0.2) is 0 Å². The van der Waals surface area contributed by atoms with E-state index in [1.54, 1.807) is 0 Å². The molecule has 0 spiro atoms. The molecular weight excluding hydrogens is 380 g/mol. The summed E-state index contributed by atoms with van der Waals surface area (Å²) in [5.74, 6) is 2.03. The second kappa shape index (κ2) is 8.11. The van der Waals surface area contributed by atoms with Crippen molar-refractivity contribution in [2.24, 2.45) is 40.4 Å². The van der Waals surface area contributed by atoms with Crippen LogP contribution in [0.25, 0.3) is 0 Å². The molecule has 0 saturated heterocycles. The molecule has 4 aliphatic carbocycles. The first kappa shape index (κ1) is 22.1. The molecule has 0 aromatic heterocycles. The van der Waals surface area contributed by atoms with E-state index in [0.717, 1.165) is 37.0 Å². The monoisotopic (exact) mass is 420 g/mol. The van der Waals surface area contributed by atoms with Crippen LogP contribution in [0.1, 0.15) is 91.4 Å². The molecule has 9 atom stereocenters. The Morgan fingerprint density at radius 2 is 1.67 bits per heavy atom. The van der Waals surface area contributed by atoms with E-state index in [1.165, 1.54) is 38.5 Å². The second-order valence-corrected chi connectivity index (χ2v) is 11.4. The van der Waals surface area contributed by atoms with E-state index in [-0.39, 0.29) is 31.0 Å². The fraction of sp³-hybridized carbons (Fsp3) is 0.920. The van der Waals surface area contributed by atoms with Gasteiger partial charge in [0.2, 0.25) is 0 Å². The number of rotatable bonds is 5. The summed E-state index contributed by atoms with van der Waals surface area (Å²) in [5.41, 5.74) is 0.631. The SMILES string of the molecule is C[C@H](O)C1CCC2C3CCC4C[C@@H](OC(=O)CCC(=O)O)CCC4(C)C3CCC21C. The zero-order valence-corrected chi connectivity index (χ0v) is 18.9. The zero-order chi connectivity index (χ0) is 21.7. The van der Waals surface area contributed by atoms with Gasteiger partial charge in [-0.3, -0.25) is 9.59 Å². The molecular formula is C25H40O5. The van der Waals surface area contributed by atoms with Gasteiger partial charge in [0.25, 0.3) is 0 Å². The van der Waals surface area contributed by atoms with E-state index < -0.39 is 5.97 Å². The van der Waals surface area contributed by atoms with Crippen LogP contribution in [-0.4, -0.2) is 34.4 Å². The van der Waals surface area contributed by atoms with Crippen molar-refractivity contribution in [2.75, 3.05) is 0 Å². The van der Waals surface area contributed by atoms with E-state index in [1.807, 2.05) is 6.92 Å². The van der Waals surface area contributed by atoms with Crippen LogP contribution >= 0.6 is 0 Å². The van der Waals surface area contributed by atoms with E-state index in [2.05, 4.69) is 13.8 Å². The van der Waals surface area contributed by atoms with Crippen molar-refractivity contribution in [3.8, 4) is 0 Å². The minimum absolute atomic E-state index is 0.0246. The normalized spacial score (nSPS) is 46.3. The highest BCUT2D eigenvalue weighted by molar-refractivity contribution is 5.76. The van der Waals surface area contributed by atoms with E-state index in [0.29, 0.717) is 22.7 Å². The Balaban J connectivity index is 1.41. The lowest BCUT2D eigenvalue weighted by Crippen LogP contribution is -2.54. The number of aliphatic carboxylic acids is 1. The number of ether oxygens (including phenoxy) is 1. The van der Waals surface area contributed by atoms with Gasteiger partial charge in [-0.15, -0.1) is 0 Å². The molecule has 0 amide bonds. The van der Waals surface area contributed by atoms with Gasteiger partial charge in [0.1, 0.15) is 6.10 Å². The van der Waals surface area contributed by atoms with Crippen molar-refractivity contribution in [3.05, 3.63) is 0 Å². The summed E-state index contributed by atoms with van der Waals surface area (Å²) in [7, 11) is 0. The summed E-state index contributed by atoms with van der Waals surface area (Å²) in [4.78, 5) is 22.7. The second-order valence-electron chi connectivity index (χ2n) is 11.4. The highest BCUT2D eigenvalue weighted by Gasteiger charge is 2.60. The van der Waals surface area contributed by atoms with E-state index >= 15 is 0 Å². The molecule has 0 bridgehead atoms. The molecule has 7 unspecified atom stereocenters. The third-order valence-electron chi connectivity index (χ3n) is 10.1. The average Bonchev–Trinajstić information content (AvgIpc) is 3.04. The maximum absolute atomic E-state index is 12.0. The molecule has 4 rings (SSSR count). The molecule has 0 aromatic carbocycles. The third-order valence-corrected chi connectivity index (χ3v) is 10.1. The van der Waals surface area contributed by atoms with Crippen molar-refractivity contribution in [1.29, 1.82) is 0 Å². The fourth-order valence-corrected chi connectivity index (χ4v) is 8.61. The van der Waals surface area contributed by atoms with Gasteiger partial charge in [0.15, 0.2) is 0 Å². The Morgan fingerprint density at radius 3 is 2.37 bits per heavy atom. The van der Waals surface area contributed by atoms with Crippen LogP contribution in [0.3, 0.4) is 0 Å². The molecule has 4 saturated carbocycles. The lowest BCUT2D eigenvalue weighted by atomic mass is 9.44. The van der Waals surface area contributed by atoms with Crippen molar-refractivity contribution < 1.29 is 24.5 Å². The smallest absolute Gasteiger partial charge is 0.306 e. The topological polar surface area (TPSA) is 83.8 Å². The minimum Gasteiger partial charge on any atom is -0.481 e. The molecule has 5 nitrogen and oxygen atoms in total. The van der Waals surface area contributed by atoms with Gasteiger partial charge in [0, 0.05) is 0 Å². The number of hydrogen-bond donors (Lipinski definition) is 2. The molecule has 0 heterocycles. The van der Waals surface area contributed by atoms with Gasteiger partial charge < -0.3 is 14.9 Å². The predicted octanol–water partition coefficient (Wildman–Crippen LogP) is 4.80. The lowest BCUT2D eigenvalue weighted by Gasteiger charge is -2.61. The van der Waals surface area contributed by atoms with Gasteiger partial charge in [0.05, 0.1) is 18.9 Å². The van der Waals surface area contributed by atoms with Crippen molar-refractivity contribution in [2.45, 2.75) is 104 Å². The highest BCUT2D eigenvalue weighted by atomic mass is 16.5. The van der Waals surface area contributed by atoms with Crippen LogP contribution in [-0.2, 0) is 14.3 Å². The van der Waals surface area contributed by atoms with Crippen LogP contribution in [0.4, 0.5) is 0 Å². The fourth-order valence-electron chi connectivity index (χ4n) is 8.61. The average molecular weight is 421 g/mol. The third kappa shape index (κ3) is 3.69. The number of aliphatic hydroxyl groups excluding tert-OH is 1. The summed E-state index contributed by atoms with van der Waals surface area (Å²) < 4.78 is 5.67. The van der Waals surface area contributed by atoms with Crippen LogP contribution < -0.4 is 0 Å². The first-order valence-corrected chi connectivity index (χ1v) is 12.2.